The van der Waals surface area contributed by atoms with Gasteiger partial charge in [-0.25, -0.2) is 0 Å². The third-order valence-corrected chi connectivity index (χ3v) is 5.35. The zero-order valence-electron chi connectivity index (χ0n) is 18.5. The van der Waals surface area contributed by atoms with Gasteiger partial charge in [0.25, 0.3) is 11.4 Å². The zero-order valence-corrected chi connectivity index (χ0v) is 18.5. The van der Waals surface area contributed by atoms with E-state index < -0.39 is 27.2 Å². The van der Waals surface area contributed by atoms with Gasteiger partial charge in [-0.2, -0.15) is 0 Å². The van der Waals surface area contributed by atoms with Crippen LogP contribution in [-0.4, -0.2) is 35.0 Å². The smallest absolute Gasteiger partial charge is 0.323 e. The number of nitrogens with zero attached hydrogens (tertiary/aromatic N) is 2. The van der Waals surface area contributed by atoms with Crippen molar-refractivity contribution in [2.45, 2.75) is 39.5 Å². The van der Waals surface area contributed by atoms with Crippen LogP contribution in [0.15, 0.2) is 48.5 Å². The summed E-state index contributed by atoms with van der Waals surface area (Å²) in [7, 11) is 0. The van der Waals surface area contributed by atoms with Crippen LogP contribution >= 0.6 is 0 Å². The van der Waals surface area contributed by atoms with Gasteiger partial charge in [0.15, 0.2) is 5.41 Å². The average Bonchev–Trinajstić information content (AvgIpc) is 2.80. The van der Waals surface area contributed by atoms with Crippen molar-refractivity contribution in [2.75, 3.05) is 13.2 Å². The molecule has 10 heteroatoms. The Morgan fingerprint density at radius 3 is 1.45 bits per heavy atom. The first-order valence-corrected chi connectivity index (χ1v) is 10.6. The average molecular weight is 458 g/mol. The fourth-order valence-electron chi connectivity index (χ4n) is 3.65. The van der Waals surface area contributed by atoms with Crippen LogP contribution in [0.3, 0.4) is 0 Å². The fraction of sp³-hybridized carbons (Fsp3) is 0.391. The highest BCUT2D eigenvalue weighted by molar-refractivity contribution is 6.00. The quantitative estimate of drug-likeness (QED) is 0.200. The van der Waals surface area contributed by atoms with Crippen LogP contribution in [0.4, 0.5) is 11.4 Å². The second-order valence-electron chi connectivity index (χ2n) is 7.29. The summed E-state index contributed by atoms with van der Waals surface area (Å²) in [5, 5.41) is 22.8. The molecular weight excluding hydrogens is 432 g/mol. The summed E-state index contributed by atoms with van der Waals surface area (Å²) < 4.78 is 10.4. The van der Waals surface area contributed by atoms with E-state index in [-0.39, 0.29) is 50.3 Å². The number of para-hydroxylation sites is 2. The van der Waals surface area contributed by atoms with Gasteiger partial charge in [-0.1, -0.05) is 36.4 Å². The molecule has 176 valence electrons. The summed E-state index contributed by atoms with van der Waals surface area (Å²) in [6.07, 6.45) is -0.163. The highest BCUT2D eigenvalue weighted by Gasteiger charge is 2.48. The molecule has 0 aliphatic carbocycles. The molecule has 0 unspecified atom stereocenters. The summed E-state index contributed by atoms with van der Waals surface area (Å²) in [4.78, 5) is 47.9. The van der Waals surface area contributed by atoms with Gasteiger partial charge in [0.2, 0.25) is 0 Å². The molecule has 33 heavy (non-hydrogen) atoms. The lowest BCUT2D eigenvalue weighted by atomic mass is 9.76. The van der Waals surface area contributed by atoms with Crippen LogP contribution in [-0.2, 0) is 31.9 Å². The number of carbonyl (C=O) groups excluding carboxylic acids is 2. The Kier molecular flexibility index (Phi) is 9.02. The molecule has 2 aromatic rings. The fourth-order valence-corrected chi connectivity index (χ4v) is 3.65. The van der Waals surface area contributed by atoms with E-state index in [0.29, 0.717) is 11.1 Å². The Morgan fingerprint density at radius 2 is 1.12 bits per heavy atom. The molecule has 0 aliphatic rings. The molecule has 0 spiro atoms. The minimum atomic E-state index is -1.78. The second-order valence-corrected chi connectivity index (χ2v) is 7.29. The largest absolute Gasteiger partial charge is 0.465 e. The lowest BCUT2D eigenvalue weighted by molar-refractivity contribution is -0.385. The molecule has 0 amide bonds. The number of benzene rings is 2. The molecule has 0 fully saturated rings. The monoisotopic (exact) mass is 458 g/mol. The molecular formula is C23H26N2O8. The Labute approximate surface area is 190 Å². The van der Waals surface area contributed by atoms with Crippen molar-refractivity contribution < 1.29 is 28.9 Å². The Morgan fingerprint density at radius 1 is 0.758 bits per heavy atom. The highest BCUT2D eigenvalue weighted by Crippen LogP contribution is 2.36. The summed E-state index contributed by atoms with van der Waals surface area (Å²) in [5.41, 5.74) is -1.33. The van der Waals surface area contributed by atoms with E-state index >= 15 is 0 Å². The number of rotatable bonds is 12. The summed E-state index contributed by atoms with van der Waals surface area (Å²) in [6, 6.07) is 12.1. The van der Waals surface area contributed by atoms with Gasteiger partial charge >= 0.3 is 11.9 Å². The van der Waals surface area contributed by atoms with Crippen molar-refractivity contribution in [3.8, 4) is 0 Å². The molecule has 0 aliphatic heterocycles. The van der Waals surface area contributed by atoms with E-state index in [1.165, 1.54) is 24.3 Å². The minimum absolute atomic E-state index is 0.0109. The highest BCUT2D eigenvalue weighted by atomic mass is 16.6. The maximum absolute atomic E-state index is 13.1. The molecule has 0 bridgehead atoms. The van der Waals surface area contributed by atoms with E-state index in [2.05, 4.69) is 0 Å². The Bertz CT molecular complexity index is 940. The van der Waals surface area contributed by atoms with Crippen molar-refractivity contribution in [2.24, 2.45) is 5.41 Å². The van der Waals surface area contributed by atoms with Crippen LogP contribution < -0.4 is 0 Å². The van der Waals surface area contributed by atoms with Gasteiger partial charge in [-0.05, 0) is 39.5 Å². The Balaban J connectivity index is 2.45. The zero-order chi connectivity index (χ0) is 24.4. The van der Waals surface area contributed by atoms with Crippen molar-refractivity contribution in [1.29, 1.82) is 0 Å². The van der Waals surface area contributed by atoms with Gasteiger partial charge in [0.1, 0.15) is 0 Å². The van der Waals surface area contributed by atoms with Crippen LogP contribution in [0.25, 0.3) is 0 Å². The topological polar surface area (TPSA) is 139 Å². The number of hydrogen-bond acceptors (Lipinski definition) is 8. The summed E-state index contributed by atoms with van der Waals surface area (Å²) in [6.45, 7) is 3.21. The lowest BCUT2D eigenvalue weighted by Gasteiger charge is -2.29. The standard InChI is InChI=1S/C23H26N2O8/c1-3-32-21(26)23(22(27)33-4-2,15-13-17-9-5-7-11-19(17)24(28)29)16-14-18-10-6-8-12-20(18)25(30)31/h5-12H,3-4,13-16H2,1-2H3. The van der Waals surface area contributed by atoms with Gasteiger partial charge in [-0.3, -0.25) is 29.8 Å². The van der Waals surface area contributed by atoms with E-state index in [4.69, 9.17) is 9.47 Å². The van der Waals surface area contributed by atoms with Crippen molar-refractivity contribution in [3.63, 3.8) is 0 Å². The molecule has 0 N–H and O–H groups in total. The van der Waals surface area contributed by atoms with E-state index in [9.17, 15) is 29.8 Å². The first-order valence-electron chi connectivity index (χ1n) is 10.6. The third-order valence-electron chi connectivity index (χ3n) is 5.35. The molecule has 2 rings (SSSR count). The molecule has 0 heterocycles. The predicted octanol–water partition coefficient (Wildman–Crippen LogP) is 4.18. The predicted molar refractivity (Wildman–Crippen MR) is 119 cm³/mol. The first-order chi connectivity index (χ1) is 15.8. The maximum Gasteiger partial charge on any atom is 0.323 e. The number of aryl methyl sites for hydroxylation is 2. The number of hydrogen-bond donors (Lipinski definition) is 0. The molecule has 0 saturated heterocycles. The number of carbonyl (C=O) groups is 2. The van der Waals surface area contributed by atoms with Crippen molar-refractivity contribution in [3.05, 3.63) is 79.9 Å². The third kappa shape index (κ3) is 6.12. The SMILES string of the molecule is CCOC(=O)C(CCc1ccccc1[N+](=O)[O-])(CCc1ccccc1[N+](=O)[O-])C(=O)OCC. The minimum Gasteiger partial charge on any atom is -0.465 e. The van der Waals surface area contributed by atoms with Gasteiger partial charge in [-0.15, -0.1) is 0 Å². The van der Waals surface area contributed by atoms with E-state index in [0.717, 1.165) is 0 Å². The van der Waals surface area contributed by atoms with Gasteiger partial charge in [0, 0.05) is 23.3 Å². The molecule has 0 atom stereocenters. The number of ether oxygens (including phenoxy) is 2. The summed E-state index contributed by atoms with van der Waals surface area (Å²) in [5.74, 6) is -1.64. The van der Waals surface area contributed by atoms with Crippen LogP contribution in [0.2, 0.25) is 0 Å². The Hall–Kier alpha value is -3.82. The van der Waals surface area contributed by atoms with Crippen LogP contribution in [0.1, 0.15) is 37.8 Å². The molecule has 2 aromatic carbocycles. The number of nitro groups is 2. The van der Waals surface area contributed by atoms with E-state index in [1.807, 2.05) is 0 Å². The normalized spacial score (nSPS) is 11.0. The van der Waals surface area contributed by atoms with Gasteiger partial charge < -0.3 is 9.47 Å². The van der Waals surface area contributed by atoms with Crippen molar-refractivity contribution >= 4 is 23.3 Å². The molecule has 0 saturated carbocycles. The second kappa shape index (κ2) is 11.7. The number of nitro benzene ring substituents is 2. The molecule has 0 radical (unpaired) electrons. The van der Waals surface area contributed by atoms with Gasteiger partial charge in [0.05, 0.1) is 23.1 Å². The van der Waals surface area contributed by atoms with Crippen LogP contribution in [0.5, 0.6) is 0 Å². The van der Waals surface area contributed by atoms with Crippen molar-refractivity contribution in [1.82, 2.24) is 0 Å². The lowest BCUT2D eigenvalue weighted by Crippen LogP contribution is -2.43. The molecule has 10 nitrogen and oxygen atoms in total. The van der Waals surface area contributed by atoms with E-state index in [1.54, 1.807) is 38.1 Å². The first kappa shape index (κ1) is 25.4. The summed E-state index contributed by atoms with van der Waals surface area (Å²) >= 11 is 0. The molecule has 0 aromatic heterocycles. The maximum atomic E-state index is 13.1. The number of esters is 2. The van der Waals surface area contributed by atoms with Crippen LogP contribution in [0, 0.1) is 25.6 Å².